The second-order valence-electron chi connectivity index (χ2n) is 3.32. The molecule has 1 aromatic carbocycles. The first-order valence-corrected chi connectivity index (χ1v) is 5.09. The Hall–Kier alpha value is -0.340. The number of benzene rings is 1. The summed E-state index contributed by atoms with van der Waals surface area (Å²) < 4.78 is 1.25. The van der Waals surface area contributed by atoms with Crippen molar-refractivity contribution in [1.82, 2.24) is 5.32 Å². The van der Waals surface area contributed by atoms with Gasteiger partial charge in [-0.1, -0.05) is 34.1 Å². The highest BCUT2D eigenvalue weighted by atomic mass is 79.9. The van der Waals surface area contributed by atoms with Crippen molar-refractivity contribution < 1.29 is 0 Å². The van der Waals surface area contributed by atoms with Crippen molar-refractivity contribution in [3.05, 3.63) is 34.3 Å². The molecule has 1 aliphatic rings. The fourth-order valence-corrected chi connectivity index (χ4v) is 1.91. The van der Waals surface area contributed by atoms with Crippen LogP contribution in [0.3, 0.4) is 0 Å². The van der Waals surface area contributed by atoms with Crippen LogP contribution >= 0.6 is 15.9 Å². The van der Waals surface area contributed by atoms with Gasteiger partial charge in [0.25, 0.3) is 0 Å². The van der Waals surface area contributed by atoms with Crippen LogP contribution < -0.4 is 5.32 Å². The van der Waals surface area contributed by atoms with Crippen molar-refractivity contribution in [2.45, 2.75) is 6.42 Å². The SMILES string of the molecule is Brc1ccccc1CC1CNC1. The first kappa shape index (κ1) is 8.27. The molecule has 0 aliphatic carbocycles. The topological polar surface area (TPSA) is 12.0 Å². The molecule has 1 aliphatic heterocycles. The third-order valence-electron chi connectivity index (χ3n) is 2.33. The van der Waals surface area contributed by atoms with Gasteiger partial charge in [-0.15, -0.1) is 0 Å². The molecule has 0 amide bonds. The second kappa shape index (κ2) is 3.58. The first-order chi connectivity index (χ1) is 5.86. The van der Waals surface area contributed by atoms with E-state index in [0.717, 1.165) is 5.92 Å². The van der Waals surface area contributed by atoms with Gasteiger partial charge in [0, 0.05) is 4.47 Å². The molecule has 0 aromatic heterocycles. The molecule has 0 unspecified atom stereocenters. The van der Waals surface area contributed by atoms with Crippen molar-refractivity contribution >= 4 is 15.9 Å². The van der Waals surface area contributed by atoms with Crippen LogP contribution in [0.25, 0.3) is 0 Å². The lowest BCUT2D eigenvalue weighted by atomic mass is 9.94. The predicted molar refractivity (Wildman–Crippen MR) is 54.2 cm³/mol. The summed E-state index contributed by atoms with van der Waals surface area (Å²) in [6, 6.07) is 8.47. The van der Waals surface area contributed by atoms with Crippen LogP contribution in [0.4, 0.5) is 0 Å². The summed E-state index contributed by atoms with van der Waals surface area (Å²) in [6.07, 6.45) is 1.20. The molecule has 12 heavy (non-hydrogen) atoms. The van der Waals surface area contributed by atoms with E-state index in [1.165, 1.54) is 29.5 Å². The zero-order valence-corrected chi connectivity index (χ0v) is 8.47. The summed E-state index contributed by atoms with van der Waals surface area (Å²) in [5.41, 5.74) is 1.43. The van der Waals surface area contributed by atoms with Gasteiger partial charge >= 0.3 is 0 Å². The van der Waals surface area contributed by atoms with Crippen molar-refractivity contribution in [3.63, 3.8) is 0 Å². The van der Waals surface area contributed by atoms with Gasteiger partial charge in [-0.2, -0.15) is 0 Å². The lowest BCUT2D eigenvalue weighted by Crippen LogP contribution is -2.43. The molecule has 0 saturated carbocycles. The number of nitrogens with one attached hydrogen (secondary N) is 1. The summed E-state index contributed by atoms with van der Waals surface area (Å²) in [5, 5.41) is 3.29. The summed E-state index contributed by atoms with van der Waals surface area (Å²) in [5.74, 6) is 0.851. The zero-order valence-electron chi connectivity index (χ0n) is 6.89. The van der Waals surface area contributed by atoms with E-state index in [9.17, 15) is 0 Å². The maximum absolute atomic E-state index is 3.56. The van der Waals surface area contributed by atoms with Gasteiger partial charge in [0.15, 0.2) is 0 Å². The molecule has 1 heterocycles. The third kappa shape index (κ3) is 1.70. The minimum absolute atomic E-state index is 0.851. The standard InChI is InChI=1S/C10H12BrN/c11-10-4-2-1-3-9(10)5-8-6-12-7-8/h1-4,8,12H,5-7H2. The van der Waals surface area contributed by atoms with Gasteiger partial charge < -0.3 is 5.32 Å². The lowest BCUT2D eigenvalue weighted by Gasteiger charge is -2.27. The highest BCUT2D eigenvalue weighted by molar-refractivity contribution is 9.10. The fraction of sp³-hybridized carbons (Fsp3) is 0.400. The Bertz CT molecular complexity index is 268. The van der Waals surface area contributed by atoms with Crippen LogP contribution in [0.5, 0.6) is 0 Å². The predicted octanol–water partition coefficient (Wildman–Crippen LogP) is 2.21. The van der Waals surface area contributed by atoms with E-state index in [1.807, 2.05) is 0 Å². The quantitative estimate of drug-likeness (QED) is 0.815. The van der Waals surface area contributed by atoms with Crippen LogP contribution in [0.2, 0.25) is 0 Å². The molecule has 0 atom stereocenters. The first-order valence-electron chi connectivity index (χ1n) is 4.30. The highest BCUT2D eigenvalue weighted by Crippen LogP contribution is 2.20. The van der Waals surface area contributed by atoms with Gasteiger partial charge in [0.2, 0.25) is 0 Å². The van der Waals surface area contributed by atoms with E-state index < -0.39 is 0 Å². The molecule has 1 saturated heterocycles. The molecule has 1 aromatic rings. The summed E-state index contributed by atoms with van der Waals surface area (Å²) in [4.78, 5) is 0. The van der Waals surface area contributed by atoms with Crippen molar-refractivity contribution in [1.29, 1.82) is 0 Å². The average molecular weight is 226 g/mol. The average Bonchev–Trinajstić information content (AvgIpc) is 2.00. The Balaban J connectivity index is 2.06. The molecular formula is C10H12BrN. The Labute approximate surface area is 81.3 Å². The maximum atomic E-state index is 3.56. The van der Waals surface area contributed by atoms with Crippen LogP contribution in [0.1, 0.15) is 5.56 Å². The summed E-state index contributed by atoms with van der Waals surface area (Å²) >= 11 is 3.56. The normalized spacial score (nSPS) is 17.4. The minimum Gasteiger partial charge on any atom is -0.316 e. The monoisotopic (exact) mass is 225 g/mol. The van der Waals surface area contributed by atoms with E-state index in [-0.39, 0.29) is 0 Å². The zero-order chi connectivity index (χ0) is 8.39. The molecule has 1 N–H and O–H groups in total. The molecule has 2 heteroatoms. The molecule has 0 bridgehead atoms. The number of hydrogen-bond acceptors (Lipinski definition) is 1. The Morgan fingerprint density at radius 1 is 1.33 bits per heavy atom. The van der Waals surface area contributed by atoms with Gasteiger partial charge in [-0.3, -0.25) is 0 Å². The summed E-state index contributed by atoms with van der Waals surface area (Å²) in [6.45, 7) is 2.36. The van der Waals surface area contributed by atoms with E-state index in [4.69, 9.17) is 0 Å². The Morgan fingerprint density at radius 3 is 2.67 bits per heavy atom. The van der Waals surface area contributed by atoms with E-state index >= 15 is 0 Å². The lowest BCUT2D eigenvalue weighted by molar-refractivity contribution is 0.346. The maximum Gasteiger partial charge on any atom is 0.0207 e. The van der Waals surface area contributed by atoms with E-state index in [2.05, 4.69) is 45.5 Å². The smallest absolute Gasteiger partial charge is 0.0207 e. The van der Waals surface area contributed by atoms with Gasteiger partial charge in [-0.05, 0) is 37.1 Å². The molecule has 0 radical (unpaired) electrons. The van der Waals surface area contributed by atoms with Crippen molar-refractivity contribution in [3.8, 4) is 0 Å². The third-order valence-corrected chi connectivity index (χ3v) is 3.11. The summed E-state index contributed by atoms with van der Waals surface area (Å²) in [7, 11) is 0. The van der Waals surface area contributed by atoms with Gasteiger partial charge in [0.05, 0.1) is 0 Å². The minimum atomic E-state index is 0.851. The van der Waals surface area contributed by atoms with E-state index in [0.29, 0.717) is 0 Å². The Kier molecular flexibility index (Phi) is 2.47. The number of hydrogen-bond donors (Lipinski definition) is 1. The van der Waals surface area contributed by atoms with Crippen LogP contribution in [0, 0.1) is 5.92 Å². The van der Waals surface area contributed by atoms with E-state index in [1.54, 1.807) is 0 Å². The van der Waals surface area contributed by atoms with Gasteiger partial charge in [-0.25, -0.2) is 0 Å². The van der Waals surface area contributed by atoms with Crippen LogP contribution in [-0.4, -0.2) is 13.1 Å². The molecular weight excluding hydrogens is 214 g/mol. The fourth-order valence-electron chi connectivity index (χ4n) is 1.47. The Morgan fingerprint density at radius 2 is 2.08 bits per heavy atom. The molecule has 64 valence electrons. The van der Waals surface area contributed by atoms with Crippen molar-refractivity contribution in [2.75, 3.05) is 13.1 Å². The largest absolute Gasteiger partial charge is 0.316 e. The second-order valence-corrected chi connectivity index (χ2v) is 4.17. The molecule has 2 rings (SSSR count). The molecule has 0 spiro atoms. The van der Waals surface area contributed by atoms with Crippen LogP contribution in [-0.2, 0) is 6.42 Å². The molecule has 1 fully saturated rings. The highest BCUT2D eigenvalue weighted by Gasteiger charge is 2.17. The van der Waals surface area contributed by atoms with Crippen LogP contribution in [0.15, 0.2) is 28.7 Å². The number of rotatable bonds is 2. The number of halogens is 1. The molecule has 1 nitrogen and oxygen atoms in total. The van der Waals surface area contributed by atoms with Gasteiger partial charge in [0.1, 0.15) is 0 Å². The van der Waals surface area contributed by atoms with Crippen molar-refractivity contribution in [2.24, 2.45) is 5.92 Å².